The molecule has 0 saturated heterocycles. The Balaban J connectivity index is 1.87. The summed E-state index contributed by atoms with van der Waals surface area (Å²) < 4.78 is 5.98. The number of hydrogen-bond acceptors (Lipinski definition) is 3. The lowest BCUT2D eigenvalue weighted by molar-refractivity contribution is 0.207. The van der Waals surface area contributed by atoms with E-state index in [1.807, 2.05) is 24.3 Å². The van der Waals surface area contributed by atoms with Crippen LogP contribution in [0.1, 0.15) is 34.8 Å². The molecule has 2 aromatic rings. The molecule has 0 fully saturated rings. The van der Waals surface area contributed by atoms with Crippen molar-refractivity contribution in [1.29, 1.82) is 10.5 Å². The number of nitrogens with zero attached hydrogens (tertiary/aromatic N) is 2. The van der Waals surface area contributed by atoms with Gasteiger partial charge in [0.1, 0.15) is 24.0 Å². The van der Waals surface area contributed by atoms with Gasteiger partial charge in [-0.05, 0) is 42.2 Å². The van der Waals surface area contributed by atoms with Crippen molar-refractivity contribution in [3.63, 3.8) is 0 Å². The summed E-state index contributed by atoms with van der Waals surface area (Å²) in [6.07, 6.45) is 1.99. The number of aryl methyl sites for hydroxylation is 1. The molecule has 0 N–H and O–H groups in total. The molecule has 0 bridgehead atoms. The fourth-order valence-electron chi connectivity index (χ4n) is 2.59. The maximum atomic E-state index is 9.04. The second-order valence-electron chi connectivity index (χ2n) is 4.77. The fraction of sp³-hybridized carbons (Fsp3) is 0.176. The summed E-state index contributed by atoms with van der Waals surface area (Å²) >= 11 is 0. The quantitative estimate of drug-likeness (QED) is 0.830. The maximum Gasteiger partial charge on any atom is 0.124 e. The molecule has 1 aliphatic carbocycles. The first-order chi connectivity index (χ1) is 9.81. The van der Waals surface area contributed by atoms with E-state index in [0.717, 1.165) is 12.8 Å². The van der Waals surface area contributed by atoms with E-state index < -0.39 is 0 Å². The average Bonchev–Trinajstić information content (AvgIpc) is 2.90. The summed E-state index contributed by atoms with van der Waals surface area (Å²) in [6.45, 7) is 0. The van der Waals surface area contributed by atoms with Crippen molar-refractivity contribution in [3.05, 3.63) is 64.7 Å². The van der Waals surface area contributed by atoms with E-state index in [-0.39, 0.29) is 6.10 Å². The summed E-state index contributed by atoms with van der Waals surface area (Å²) in [5, 5.41) is 17.9. The van der Waals surface area contributed by atoms with Gasteiger partial charge in [-0.25, -0.2) is 0 Å². The standard InChI is InChI=1S/C17H12N2O/c18-10-13-5-7-15(9-14(13)11-19)20-17-8-6-12-3-1-2-4-16(12)17/h1-5,7,9,17H,6,8H2/t17-/m1/s1. The van der Waals surface area contributed by atoms with E-state index in [1.165, 1.54) is 11.1 Å². The lowest BCUT2D eigenvalue weighted by Gasteiger charge is -2.15. The van der Waals surface area contributed by atoms with Crippen LogP contribution in [0.2, 0.25) is 0 Å². The van der Waals surface area contributed by atoms with Crippen molar-refractivity contribution < 1.29 is 4.74 Å². The third-order valence-corrected chi connectivity index (χ3v) is 3.59. The van der Waals surface area contributed by atoms with E-state index in [2.05, 4.69) is 12.1 Å². The van der Waals surface area contributed by atoms with Crippen LogP contribution in [0.4, 0.5) is 0 Å². The van der Waals surface area contributed by atoms with Crippen molar-refractivity contribution in [1.82, 2.24) is 0 Å². The van der Waals surface area contributed by atoms with Gasteiger partial charge in [-0.2, -0.15) is 10.5 Å². The highest BCUT2D eigenvalue weighted by molar-refractivity contribution is 5.49. The van der Waals surface area contributed by atoms with E-state index in [0.29, 0.717) is 16.9 Å². The molecule has 96 valence electrons. The van der Waals surface area contributed by atoms with Crippen LogP contribution in [-0.2, 0) is 6.42 Å². The molecule has 0 saturated carbocycles. The molecular weight excluding hydrogens is 248 g/mol. The predicted octanol–water partition coefficient (Wildman–Crippen LogP) is 3.50. The minimum atomic E-state index is 0.0330. The zero-order valence-corrected chi connectivity index (χ0v) is 10.8. The van der Waals surface area contributed by atoms with Crippen molar-refractivity contribution in [3.8, 4) is 17.9 Å². The number of benzene rings is 2. The highest BCUT2D eigenvalue weighted by Crippen LogP contribution is 2.35. The van der Waals surface area contributed by atoms with Gasteiger partial charge in [-0.1, -0.05) is 24.3 Å². The van der Waals surface area contributed by atoms with Crippen LogP contribution in [0.3, 0.4) is 0 Å². The SMILES string of the molecule is N#Cc1ccc(O[C@@H]2CCc3ccccc32)cc1C#N. The summed E-state index contributed by atoms with van der Waals surface area (Å²) in [4.78, 5) is 0. The Morgan fingerprint density at radius 1 is 1.00 bits per heavy atom. The Labute approximate surface area is 117 Å². The average molecular weight is 260 g/mol. The predicted molar refractivity (Wildman–Crippen MR) is 74.0 cm³/mol. The van der Waals surface area contributed by atoms with Crippen LogP contribution in [0, 0.1) is 22.7 Å². The van der Waals surface area contributed by atoms with Crippen LogP contribution < -0.4 is 4.74 Å². The van der Waals surface area contributed by atoms with Gasteiger partial charge < -0.3 is 4.74 Å². The number of ether oxygens (including phenoxy) is 1. The molecule has 3 nitrogen and oxygen atoms in total. The Kier molecular flexibility index (Phi) is 3.11. The van der Waals surface area contributed by atoms with Crippen LogP contribution in [-0.4, -0.2) is 0 Å². The molecule has 2 aromatic carbocycles. The molecule has 0 radical (unpaired) electrons. The molecule has 0 aliphatic heterocycles. The summed E-state index contributed by atoms with van der Waals surface area (Å²) in [5.74, 6) is 0.641. The van der Waals surface area contributed by atoms with Crippen molar-refractivity contribution >= 4 is 0 Å². The Morgan fingerprint density at radius 2 is 1.80 bits per heavy atom. The van der Waals surface area contributed by atoms with Gasteiger partial charge in [0.15, 0.2) is 0 Å². The Morgan fingerprint density at radius 3 is 2.60 bits per heavy atom. The molecule has 0 amide bonds. The van der Waals surface area contributed by atoms with Crippen LogP contribution in [0.5, 0.6) is 5.75 Å². The van der Waals surface area contributed by atoms with Crippen LogP contribution in [0.25, 0.3) is 0 Å². The molecule has 1 aliphatic rings. The van der Waals surface area contributed by atoms with Crippen molar-refractivity contribution in [2.24, 2.45) is 0 Å². The number of hydrogen-bond donors (Lipinski definition) is 0. The fourth-order valence-corrected chi connectivity index (χ4v) is 2.59. The van der Waals surface area contributed by atoms with Crippen molar-refractivity contribution in [2.75, 3.05) is 0 Å². The number of nitriles is 2. The highest BCUT2D eigenvalue weighted by Gasteiger charge is 2.23. The van der Waals surface area contributed by atoms with Gasteiger partial charge in [0.25, 0.3) is 0 Å². The van der Waals surface area contributed by atoms with E-state index >= 15 is 0 Å². The normalized spacial score (nSPS) is 16.0. The molecule has 3 rings (SSSR count). The van der Waals surface area contributed by atoms with E-state index in [4.69, 9.17) is 15.3 Å². The Hall–Kier alpha value is -2.78. The van der Waals surface area contributed by atoms with E-state index in [9.17, 15) is 0 Å². The first kappa shape index (κ1) is 12.3. The van der Waals surface area contributed by atoms with Gasteiger partial charge in [-0.15, -0.1) is 0 Å². The summed E-state index contributed by atoms with van der Waals surface area (Å²) in [5.41, 5.74) is 3.28. The maximum absolute atomic E-state index is 9.04. The minimum Gasteiger partial charge on any atom is -0.486 e. The van der Waals surface area contributed by atoms with Gasteiger partial charge in [0.05, 0.1) is 11.1 Å². The third-order valence-electron chi connectivity index (χ3n) is 3.59. The molecule has 0 spiro atoms. The summed E-state index contributed by atoms with van der Waals surface area (Å²) in [7, 11) is 0. The molecule has 1 atom stereocenters. The molecule has 0 aromatic heterocycles. The molecule has 0 heterocycles. The smallest absolute Gasteiger partial charge is 0.124 e. The minimum absolute atomic E-state index is 0.0330. The van der Waals surface area contributed by atoms with Gasteiger partial charge in [0.2, 0.25) is 0 Å². The van der Waals surface area contributed by atoms with Gasteiger partial charge >= 0.3 is 0 Å². The van der Waals surface area contributed by atoms with Gasteiger partial charge in [0, 0.05) is 0 Å². The third kappa shape index (κ3) is 2.11. The Bertz CT molecular complexity index is 737. The second kappa shape index (κ2) is 5.07. The first-order valence-corrected chi connectivity index (χ1v) is 6.50. The molecule has 0 unspecified atom stereocenters. The van der Waals surface area contributed by atoms with Gasteiger partial charge in [-0.3, -0.25) is 0 Å². The zero-order valence-electron chi connectivity index (χ0n) is 10.8. The first-order valence-electron chi connectivity index (χ1n) is 6.50. The van der Waals surface area contributed by atoms with Crippen molar-refractivity contribution in [2.45, 2.75) is 18.9 Å². The van der Waals surface area contributed by atoms with E-state index in [1.54, 1.807) is 18.2 Å². The lowest BCUT2D eigenvalue weighted by atomic mass is 10.1. The molecule has 3 heteroatoms. The second-order valence-corrected chi connectivity index (χ2v) is 4.77. The number of rotatable bonds is 2. The van der Waals surface area contributed by atoms with Crippen LogP contribution in [0.15, 0.2) is 42.5 Å². The lowest BCUT2D eigenvalue weighted by Crippen LogP contribution is -2.03. The van der Waals surface area contributed by atoms with Crippen LogP contribution >= 0.6 is 0 Å². The zero-order chi connectivity index (χ0) is 13.9. The molecular formula is C17H12N2O. The summed E-state index contributed by atoms with van der Waals surface area (Å²) in [6, 6.07) is 17.3. The molecule has 20 heavy (non-hydrogen) atoms. The largest absolute Gasteiger partial charge is 0.486 e. The highest BCUT2D eigenvalue weighted by atomic mass is 16.5. The number of fused-ring (bicyclic) bond motifs is 1. The topological polar surface area (TPSA) is 56.8 Å². The monoisotopic (exact) mass is 260 g/mol.